The van der Waals surface area contributed by atoms with Gasteiger partial charge < -0.3 is 15.8 Å². The second-order valence-electron chi connectivity index (χ2n) is 6.97. The van der Waals surface area contributed by atoms with Crippen molar-refractivity contribution in [2.24, 2.45) is 0 Å². The molecule has 4 rings (SSSR count). The zero-order chi connectivity index (χ0) is 18.1. The summed E-state index contributed by atoms with van der Waals surface area (Å²) in [6, 6.07) is 10.7. The van der Waals surface area contributed by atoms with Gasteiger partial charge in [-0.2, -0.15) is 0 Å². The van der Waals surface area contributed by atoms with Crippen molar-refractivity contribution in [3.8, 4) is 0 Å². The number of aryl methyl sites for hydroxylation is 1. The zero-order valence-electron chi connectivity index (χ0n) is 14.8. The van der Waals surface area contributed by atoms with Gasteiger partial charge in [0.05, 0.1) is 24.0 Å². The third-order valence-corrected chi connectivity index (χ3v) is 5.17. The van der Waals surface area contributed by atoms with Crippen LogP contribution < -0.4 is 11.1 Å². The molecule has 2 aliphatic rings. The van der Waals surface area contributed by atoms with Gasteiger partial charge in [0.25, 0.3) is 5.91 Å². The van der Waals surface area contributed by atoms with Crippen LogP contribution in [-0.2, 0) is 4.74 Å². The summed E-state index contributed by atoms with van der Waals surface area (Å²) in [5.41, 5.74) is 7.83. The van der Waals surface area contributed by atoms with Gasteiger partial charge in [0, 0.05) is 31.4 Å². The maximum Gasteiger partial charge on any atom is 0.254 e. The van der Waals surface area contributed by atoms with Gasteiger partial charge in [0.1, 0.15) is 0 Å². The monoisotopic (exact) mass is 353 g/mol. The molecule has 26 heavy (non-hydrogen) atoms. The molecule has 136 valence electrons. The molecule has 0 aliphatic carbocycles. The number of ether oxygens (including phenoxy) is 1. The van der Waals surface area contributed by atoms with E-state index in [1.165, 1.54) is 11.8 Å². The van der Waals surface area contributed by atoms with Crippen LogP contribution in [0.1, 0.15) is 34.1 Å². The molecule has 7 nitrogen and oxygen atoms in total. The molecule has 2 saturated heterocycles. The summed E-state index contributed by atoms with van der Waals surface area (Å²) in [7, 11) is 0. The van der Waals surface area contributed by atoms with E-state index in [2.05, 4.69) is 32.3 Å². The number of nitrogens with one attached hydrogen (secondary N) is 1. The highest BCUT2D eigenvalue weighted by molar-refractivity contribution is 5.95. The summed E-state index contributed by atoms with van der Waals surface area (Å²) in [5, 5.41) is 3.11. The number of aromatic nitrogens is 2. The molecule has 7 heteroatoms. The molecular weight excluding hydrogens is 330 g/mol. The van der Waals surface area contributed by atoms with Gasteiger partial charge in [-0.05, 0) is 18.9 Å². The zero-order valence-corrected chi connectivity index (χ0v) is 14.8. The van der Waals surface area contributed by atoms with Gasteiger partial charge in [-0.1, -0.05) is 30.3 Å². The van der Waals surface area contributed by atoms with E-state index in [-0.39, 0.29) is 24.0 Å². The van der Waals surface area contributed by atoms with E-state index in [0.717, 1.165) is 19.5 Å². The number of anilines is 1. The standard InChI is InChI=1S/C19H23N5O2/c1-12-16(8-21-19(20)22-12)18(25)23-14-7-15-11-26-17(10-24(15)9-14)13-5-3-2-4-6-13/h2-6,8,14-15,17H,7,9-11H2,1H3,(H,23,25)(H2,20,21,22)/t14-,15+,17-/m1/s1. The lowest BCUT2D eigenvalue weighted by Crippen LogP contribution is -2.43. The summed E-state index contributed by atoms with van der Waals surface area (Å²) >= 11 is 0. The van der Waals surface area contributed by atoms with Crippen molar-refractivity contribution in [1.82, 2.24) is 20.2 Å². The molecule has 1 amide bonds. The minimum atomic E-state index is -0.145. The molecule has 0 bridgehead atoms. The first-order chi connectivity index (χ1) is 12.6. The Labute approximate surface area is 152 Å². The van der Waals surface area contributed by atoms with E-state index in [0.29, 0.717) is 23.9 Å². The van der Waals surface area contributed by atoms with E-state index in [1.807, 2.05) is 18.2 Å². The number of amides is 1. The van der Waals surface area contributed by atoms with Crippen LogP contribution in [0.15, 0.2) is 36.5 Å². The topological polar surface area (TPSA) is 93.4 Å². The molecule has 1 aromatic carbocycles. The Morgan fingerprint density at radius 1 is 1.31 bits per heavy atom. The lowest BCUT2D eigenvalue weighted by atomic mass is 10.1. The minimum Gasteiger partial charge on any atom is -0.371 e. The predicted octanol–water partition coefficient (Wildman–Crippen LogP) is 1.31. The second kappa shape index (κ2) is 7.01. The maximum absolute atomic E-state index is 12.5. The number of carbonyl (C=O) groups is 1. The van der Waals surface area contributed by atoms with Crippen molar-refractivity contribution < 1.29 is 9.53 Å². The summed E-state index contributed by atoms with van der Waals surface area (Å²) in [4.78, 5) is 22.9. The molecule has 0 unspecified atom stereocenters. The van der Waals surface area contributed by atoms with E-state index < -0.39 is 0 Å². The van der Waals surface area contributed by atoms with Crippen LogP contribution in [0.3, 0.4) is 0 Å². The number of carbonyl (C=O) groups excluding carboxylic acids is 1. The molecule has 0 saturated carbocycles. The van der Waals surface area contributed by atoms with Crippen LogP contribution in [0.4, 0.5) is 5.95 Å². The third-order valence-electron chi connectivity index (χ3n) is 5.17. The number of nitrogens with two attached hydrogens (primary N) is 1. The minimum absolute atomic E-state index is 0.0923. The van der Waals surface area contributed by atoms with Crippen molar-refractivity contribution in [2.45, 2.75) is 31.5 Å². The summed E-state index contributed by atoms with van der Waals surface area (Å²) in [5.74, 6) is 0.0361. The number of fused-ring (bicyclic) bond motifs is 1. The average Bonchev–Trinajstić information content (AvgIpc) is 3.03. The van der Waals surface area contributed by atoms with Crippen molar-refractivity contribution >= 4 is 11.9 Å². The molecule has 3 heterocycles. The van der Waals surface area contributed by atoms with E-state index in [4.69, 9.17) is 10.5 Å². The summed E-state index contributed by atoms with van der Waals surface area (Å²) in [6.45, 7) is 4.14. The molecular formula is C19H23N5O2. The predicted molar refractivity (Wildman–Crippen MR) is 97.5 cm³/mol. The normalized spacial score (nSPS) is 25.7. The fourth-order valence-corrected chi connectivity index (χ4v) is 3.82. The number of benzene rings is 1. The lowest BCUT2D eigenvalue weighted by Gasteiger charge is -2.35. The van der Waals surface area contributed by atoms with Crippen LogP contribution in [0.2, 0.25) is 0 Å². The molecule has 2 fully saturated rings. The van der Waals surface area contributed by atoms with Crippen LogP contribution in [0.5, 0.6) is 0 Å². The van der Waals surface area contributed by atoms with Crippen LogP contribution in [0, 0.1) is 6.92 Å². The third kappa shape index (κ3) is 3.40. The number of hydrogen-bond donors (Lipinski definition) is 2. The number of nitrogen functional groups attached to an aromatic ring is 1. The lowest BCUT2D eigenvalue weighted by molar-refractivity contribution is -0.0502. The van der Waals surface area contributed by atoms with Crippen LogP contribution >= 0.6 is 0 Å². The highest BCUT2D eigenvalue weighted by Crippen LogP contribution is 2.30. The van der Waals surface area contributed by atoms with Crippen molar-refractivity contribution in [3.63, 3.8) is 0 Å². The average molecular weight is 353 g/mol. The molecule has 0 radical (unpaired) electrons. The maximum atomic E-state index is 12.5. The Hall–Kier alpha value is -2.51. The Kier molecular flexibility index (Phi) is 4.57. The van der Waals surface area contributed by atoms with Gasteiger partial charge in [0.2, 0.25) is 5.95 Å². The first-order valence-electron chi connectivity index (χ1n) is 8.90. The van der Waals surface area contributed by atoms with E-state index in [1.54, 1.807) is 6.92 Å². The smallest absolute Gasteiger partial charge is 0.254 e. The van der Waals surface area contributed by atoms with E-state index in [9.17, 15) is 4.79 Å². The summed E-state index contributed by atoms with van der Waals surface area (Å²) in [6.07, 6.45) is 2.47. The quantitative estimate of drug-likeness (QED) is 0.864. The Balaban J connectivity index is 1.38. The first-order valence-corrected chi connectivity index (χ1v) is 8.90. The van der Waals surface area contributed by atoms with Gasteiger partial charge >= 0.3 is 0 Å². The van der Waals surface area contributed by atoms with Gasteiger partial charge in [-0.25, -0.2) is 9.97 Å². The number of morpholine rings is 1. The van der Waals surface area contributed by atoms with Crippen LogP contribution in [0.25, 0.3) is 0 Å². The molecule has 1 aromatic heterocycles. The van der Waals surface area contributed by atoms with Crippen molar-refractivity contribution in [2.75, 3.05) is 25.4 Å². The first kappa shape index (κ1) is 16.9. The highest BCUT2D eigenvalue weighted by Gasteiger charge is 2.38. The second-order valence-corrected chi connectivity index (χ2v) is 6.97. The van der Waals surface area contributed by atoms with Crippen LogP contribution in [-0.4, -0.2) is 52.6 Å². The largest absolute Gasteiger partial charge is 0.371 e. The van der Waals surface area contributed by atoms with Gasteiger partial charge in [-0.15, -0.1) is 0 Å². The number of rotatable bonds is 3. The Morgan fingerprint density at radius 3 is 2.88 bits per heavy atom. The molecule has 3 N–H and O–H groups in total. The van der Waals surface area contributed by atoms with Gasteiger partial charge in [0.15, 0.2) is 0 Å². The molecule has 2 aromatic rings. The number of hydrogen-bond acceptors (Lipinski definition) is 6. The molecule has 3 atom stereocenters. The van der Waals surface area contributed by atoms with Crippen molar-refractivity contribution in [3.05, 3.63) is 53.3 Å². The fourth-order valence-electron chi connectivity index (χ4n) is 3.82. The van der Waals surface area contributed by atoms with Gasteiger partial charge in [-0.3, -0.25) is 9.69 Å². The fraction of sp³-hybridized carbons (Fsp3) is 0.421. The Bertz CT molecular complexity index is 798. The Morgan fingerprint density at radius 2 is 2.12 bits per heavy atom. The SMILES string of the molecule is Cc1nc(N)ncc1C(=O)N[C@@H]1C[C@H]2CO[C@@H](c3ccccc3)CN2C1. The summed E-state index contributed by atoms with van der Waals surface area (Å²) < 4.78 is 6.06. The van der Waals surface area contributed by atoms with Crippen molar-refractivity contribution in [1.29, 1.82) is 0 Å². The van der Waals surface area contributed by atoms with E-state index >= 15 is 0 Å². The molecule has 2 aliphatic heterocycles. The highest BCUT2D eigenvalue weighted by atomic mass is 16.5. The number of nitrogens with zero attached hydrogens (tertiary/aromatic N) is 3. The molecule has 0 spiro atoms.